The second kappa shape index (κ2) is 5.54. The summed E-state index contributed by atoms with van der Waals surface area (Å²) in [7, 11) is 0. The Morgan fingerprint density at radius 3 is 2.00 bits per heavy atom. The van der Waals surface area contributed by atoms with Crippen LogP contribution in [0, 0.1) is 40.4 Å². The van der Waals surface area contributed by atoms with Gasteiger partial charge in [-0.25, -0.2) is 26.9 Å². The number of nitrogens with zero attached hydrogens (tertiary/aromatic N) is 2. The van der Waals surface area contributed by atoms with Crippen LogP contribution >= 0.6 is 11.6 Å². The molecule has 1 heterocycles. The average Bonchev–Trinajstić information content (AvgIpc) is 2.47. The van der Waals surface area contributed by atoms with Crippen LogP contribution in [0.5, 0.6) is 0 Å². The van der Waals surface area contributed by atoms with E-state index in [1.54, 1.807) is 6.07 Å². The molecule has 0 aliphatic heterocycles. The van der Waals surface area contributed by atoms with Gasteiger partial charge in [0, 0.05) is 0 Å². The lowest BCUT2D eigenvalue weighted by Crippen LogP contribution is -2.07. The Labute approximate surface area is 119 Å². The molecule has 1 N–H and O–H groups in total. The number of anilines is 2. The molecule has 0 saturated carbocycles. The maximum absolute atomic E-state index is 13.5. The van der Waals surface area contributed by atoms with E-state index >= 15 is 0 Å². The van der Waals surface area contributed by atoms with Gasteiger partial charge in [0.2, 0.25) is 5.82 Å². The van der Waals surface area contributed by atoms with Crippen LogP contribution in [0.25, 0.3) is 0 Å². The van der Waals surface area contributed by atoms with Crippen LogP contribution in [0.2, 0.25) is 5.15 Å². The number of hydrogen-bond acceptors (Lipinski definition) is 3. The zero-order chi connectivity index (χ0) is 15.7. The first-order chi connectivity index (χ1) is 9.85. The molecule has 0 amide bonds. The molecule has 0 atom stereocenters. The fourth-order valence-corrected chi connectivity index (χ4v) is 1.68. The lowest BCUT2D eigenvalue weighted by molar-refractivity contribution is 0.382. The Hall–Kier alpha value is -2.40. The first kappa shape index (κ1) is 15.0. The Bertz CT molecular complexity index is 743. The topological polar surface area (TPSA) is 48.7 Å². The number of benzene rings is 1. The molecule has 21 heavy (non-hydrogen) atoms. The van der Waals surface area contributed by atoms with Gasteiger partial charge >= 0.3 is 0 Å². The normalized spacial score (nSPS) is 10.3. The SMILES string of the molecule is N#Cc1cc(Cl)nc(Nc2c(F)c(F)c(F)c(F)c2F)c1. The molecular formula is C12H3ClF5N3. The molecule has 2 aromatic rings. The van der Waals surface area contributed by atoms with E-state index in [1.807, 2.05) is 5.32 Å². The molecule has 9 heteroatoms. The molecule has 0 fully saturated rings. The molecule has 1 aromatic carbocycles. The lowest BCUT2D eigenvalue weighted by Gasteiger charge is -2.10. The van der Waals surface area contributed by atoms with Crippen LogP contribution in [0.15, 0.2) is 12.1 Å². The number of hydrogen-bond donors (Lipinski definition) is 1. The van der Waals surface area contributed by atoms with Crippen molar-refractivity contribution in [1.82, 2.24) is 4.98 Å². The van der Waals surface area contributed by atoms with Crippen LogP contribution in [-0.4, -0.2) is 4.98 Å². The highest BCUT2D eigenvalue weighted by molar-refractivity contribution is 6.29. The minimum absolute atomic E-state index is 0.0126. The predicted molar refractivity (Wildman–Crippen MR) is 63.5 cm³/mol. The van der Waals surface area contributed by atoms with Crippen molar-refractivity contribution < 1.29 is 22.0 Å². The van der Waals surface area contributed by atoms with E-state index in [0.29, 0.717) is 0 Å². The van der Waals surface area contributed by atoms with E-state index in [4.69, 9.17) is 16.9 Å². The van der Waals surface area contributed by atoms with Crippen molar-refractivity contribution in [3.05, 3.63) is 51.9 Å². The summed E-state index contributed by atoms with van der Waals surface area (Å²) in [6, 6.07) is 3.88. The molecule has 0 bridgehead atoms. The van der Waals surface area contributed by atoms with E-state index in [0.717, 1.165) is 12.1 Å². The van der Waals surface area contributed by atoms with E-state index in [9.17, 15) is 22.0 Å². The monoisotopic (exact) mass is 319 g/mol. The lowest BCUT2D eigenvalue weighted by atomic mass is 10.2. The number of nitriles is 1. The van der Waals surface area contributed by atoms with Crippen molar-refractivity contribution in [2.24, 2.45) is 0 Å². The fourth-order valence-electron chi connectivity index (χ4n) is 1.47. The van der Waals surface area contributed by atoms with Gasteiger partial charge in [-0.05, 0) is 12.1 Å². The molecule has 2 rings (SSSR count). The van der Waals surface area contributed by atoms with Gasteiger partial charge in [0.25, 0.3) is 0 Å². The Morgan fingerprint density at radius 2 is 1.48 bits per heavy atom. The molecule has 0 spiro atoms. The van der Waals surface area contributed by atoms with Gasteiger partial charge in [0.05, 0.1) is 11.6 Å². The first-order valence-electron chi connectivity index (χ1n) is 5.21. The molecule has 0 saturated heterocycles. The number of nitrogens with one attached hydrogen (secondary N) is 1. The van der Waals surface area contributed by atoms with Gasteiger partial charge < -0.3 is 5.32 Å². The van der Waals surface area contributed by atoms with E-state index in [1.165, 1.54) is 0 Å². The number of halogens is 6. The molecule has 1 aromatic heterocycles. The zero-order valence-electron chi connectivity index (χ0n) is 9.82. The predicted octanol–water partition coefficient (Wildman–Crippen LogP) is 4.05. The molecule has 0 radical (unpaired) electrons. The summed E-state index contributed by atoms with van der Waals surface area (Å²) in [5.41, 5.74) is -1.30. The zero-order valence-corrected chi connectivity index (χ0v) is 10.6. The summed E-state index contributed by atoms with van der Waals surface area (Å²) >= 11 is 5.56. The quantitative estimate of drug-likeness (QED) is 0.393. The standard InChI is InChI=1S/C12H3ClF5N3/c13-5-1-4(3-19)2-6(20-5)21-12-10(17)8(15)7(14)9(16)11(12)18/h1-2H,(H,20,21). The van der Waals surface area contributed by atoms with Crippen LogP contribution in [0.4, 0.5) is 33.5 Å². The summed E-state index contributed by atoms with van der Waals surface area (Å²) in [6.07, 6.45) is 0. The summed E-state index contributed by atoms with van der Waals surface area (Å²) in [5.74, 6) is -10.9. The molecule has 108 valence electrons. The van der Waals surface area contributed by atoms with Crippen molar-refractivity contribution in [2.75, 3.05) is 5.32 Å². The summed E-state index contributed by atoms with van der Waals surface area (Å²) in [4.78, 5) is 3.57. The molecule has 3 nitrogen and oxygen atoms in total. The van der Waals surface area contributed by atoms with E-state index in [-0.39, 0.29) is 16.5 Å². The maximum atomic E-state index is 13.5. The van der Waals surface area contributed by atoms with Gasteiger partial charge in [-0.15, -0.1) is 0 Å². The van der Waals surface area contributed by atoms with E-state index in [2.05, 4.69) is 4.98 Å². The van der Waals surface area contributed by atoms with Crippen molar-refractivity contribution in [2.45, 2.75) is 0 Å². The van der Waals surface area contributed by atoms with Gasteiger partial charge in [-0.1, -0.05) is 11.6 Å². The Morgan fingerprint density at radius 1 is 0.952 bits per heavy atom. The summed E-state index contributed by atoms with van der Waals surface area (Å²) in [6.45, 7) is 0. The molecular weight excluding hydrogens is 317 g/mol. The van der Waals surface area contributed by atoms with Gasteiger partial charge in [0.1, 0.15) is 16.7 Å². The van der Waals surface area contributed by atoms with E-state index < -0.39 is 34.8 Å². The highest BCUT2D eigenvalue weighted by Crippen LogP contribution is 2.29. The van der Waals surface area contributed by atoms with Crippen LogP contribution in [0.3, 0.4) is 0 Å². The smallest absolute Gasteiger partial charge is 0.200 e. The van der Waals surface area contributed by atoms with Gasteiger partial charge in [-0.2, -0.15) is 5.26 Å². The van der Waals surface area contributed by atoms with Crippen LogP contribution < -0.4 is 5.32 Å². The Kier molecular flexibility index (Phi) is 3.95. The van der Waals surface area contributed by atoms with Crippen LogP contribution in [-0.2, 0) is 0 Å². The highest BCUT2D eigenvalue weighted by atomic mass is 35.5. The first-order valence-corrected chi connectivity index (χ1v) is 5.59. The van der Waals surface area contributed by atoms with Crippen molar-refractivity contribution in [1.29, 1.82) is 5.26 Å². The maximum Gasteiger partial charge on any atom is 0.200 e. The number of rotatable bonds is 2. The van der Waals surface area contributed by atoms with Crippen molar-refractivity contribution >= 4 is 23.1 Å². The highest BCUT2D eigenvalue weighted by Gasteiger charge is 2.26. The molecule has 0 unspecified atom stereocenters. The average molecular weight is 320 g/mol. The van der Waals surface area contributed by atoms with Crippen molar-refractivity contribution in [3.63, 3.8) is 0 Å². The fraction of sp³-hybridized carbons (Fsp3) is 0. The largest absolute Gasteiger partial charge is 0.335 e. The third kappa shape index (κ3) is 2.73. The number of aromatic nitrogens is 1. The minimum Gasteiger partial charge on any atom is -0.335 e. The third-order valence-electron chi connectivity index (χ3n) is 2.39. The second-order valence-electron chi connectivity index (χ2n) is 3.75. The van der Waals surface area contributed by atoms with Gasteiger partial charge in [0.15, 0.2) is 23.3 Å². The number of pyridine rings is 1. The molecule has 0 aliphatic rings. The summed E-state index contributed by atoms with van der Waals surface area (Å²) < 4.78 is 65.9. The Balaban J connectivity index is 2.55. The van der Waals surface area contributed by atoms with Crippen LogP contribution in [0.1, 0.15) is 5.56 Å². The molecule has 0 aliphatic carbocycles. The van der Waals surface area contributed by atoms with Crippen molar-refractivity contribution in [3.8, 4) is 6.07 Å². The summed E-state index contributed by atoms with van der Waals surface area (Å²) in [5, 5.41) is 10.4. The minimum atomic E-state index is -2.27. The second-order valence-corrected chi connectivity index (χ2v) is 4.13. The third-order valence-corrected chi connectivity index (χ3v) is 2.58. The van der Waals surface area contributed by atoms with Gasteiger partial charge in [-0.3, -0.25) is 0 Å².